The standard InChI is InChI=1S/C20H42O3/c1-5-9-13-19(22-15-11-7-3)17-21-18-20(14-10-6-2)23-16-12-8-4/h19-20H,5-18H2,1-4H3. The first-order chi connectivity index (χ1) is 11.3. The first kappa shape index (κ1) is 22.9. The third kappa shape index (κ3) is 15.2. The van der Waals surface area contributed by atoms with Crippen molar-refractivity contribution in [2.24, 2.45) is 0 Å². The fourth-order valence-corrected chi connectivity index (χ4v) is 2.41. The van der Waals surface area contributed by atoms with Crippen LogP contribution in [0.15, 0.2) is 0 Å². The van der Waals surface area contributed by atoms with E-state index in [9.17, 15) is 0 Å². The number of unbranched alkanes of at least 4 members (excludes halogenated alkanes) is 4. The van der Waals surface area contributed by atoms with E-state index >= 15 is 0 Å². The van der Waals surface area contributed by atoms with Crippen LogP contribution in [0.2, 0.25) is 0 Å². The van der Waals surface area contributed by atoms with Crippen molar-refractivity contribution in [2.45, 2.75) is 104 Å². The Hall–Kier alpha value is -0.120. The molecule has 3 heteroatoms. The Morgan fingerprint density at radius 2 is 0.957 bits per heavy atom. The van der Waals surface area contributed by atoms with E-state index in [1.807, 2.05) is 0 Å². The van der Waals surface area contributed by atoms with Crippen molar-refractivity contribution in [1.82, 2.24) is 0 Å². The van der Waals surface area contributed by atoms with E-state index in [2.05, 4.69) is 27.7 Å². The van der Waals surface area contributed by atoms with E-state index in [-0.39, 0.29) is 12.2 Å². The molecular weight excluding hydrogens is 288 g/mol. The van der Waals surface area contributed by atoms with Gasteiger partial charge in [0.25, 0.3) is 0 Å². The molecule has 23 heavy (non-hydrogen) atoms. The predicted molar refractivity (Wildman–Crippen MR) is 99.2 cm³/mol. The first-order valence-electron chi connectivity index (χ1n) is 10.1. The highest BCUT2D eigenvalue weighted by atomic mass is 16.6. The Bertz CT molecular complexity index is 199. The smallest absolute Gasteiger partial charge is 0.0808 e. The summed E-state index contributed by atoms with van der Waals surface area (Å²) in [6, 6.07) is 0. The molecule has 0 radical (unpaired) electrons. The van der Waals surface area contributed by atoms with Gasteiger partial charge in [0.15, 0.2) is 0 Å². The van der Waals surface area contributed by atoms with Crippen LogP contribution < -0.4 is 0 Å². The molecule has 0 N–H and O–H groups in total. The molecule has 0 bridgehead atoms. The first-order valence-corrected chi connectivity index (χ1v) is 10.1. The zero-order valence-electron chi connectivity index (χ0n) is 16.3. The van der Waals surface area contributed by atoms with Gasteiger partial charge in [0.2, 0.25) is 0 Å². The lowest BCUT2D eigenvalue weighted by molar-refractivity contribution is -0.0625. The van der Waals surface area contributed by atoms with E-state index in [0.29, 0.717) is 13.2 Å². The van der Waals surface area contributed by atoms with Crippen molar-refractivity contribution in [3.63, 3.8) is 0 Å². The highest BCUT2D eigenvalue weighted by Gasteiger charge is 2.13. The third-order valence-electron chi connectivity index (χ3n) is 4.07. The predicted octanol–water partition coefficient (Wildman–Crippen LogP) is 5.75. The van der Waals surface area contributed by atoms with Gasteiger partial charge >= 0.3 is 0 Å². The van der Waals surface area contributed by atoms with Crippen molar-refractivity contribution in [3.8, 4) is 0 Å². The fraction of sp³-hybridized carbons (Fsp3) is 1.00. The average Bonchev–Trinajstić information content (AvgIpc) is 2.56. The summed E-state index contributed by atoms with van der Waals surface area (Å²) in [7, 11) is 0. The van der Waals surface area contributed by atoms with Crippen molar-refractivity contribution in [3.05, 3.63) is 0 Å². The zero-order chi connectivity index (χ0) is 17.2. The molecule has 0 saturated carbocycles. The van der Waals surface area contributed by atoms with Crippen LogP contribution >= 0.6 is 0 Å². The molecule has 0 rings (SSSR count). The molecule has 0 aliphatic carbocycles. The number of hydrogen-bond donors (Lipinski definition) is 0. The lowest BCUT2D eigenvalue weighted by atomic mass is 10.1. The van der Waals surface area contributed by atoms with E-state index in [1.54, 1.807) is 0 Å². The molecule has 0 aromatic heterocycles. The van der Waals surface area contributed by atoms with Gasteiger partial charge in [0, 0.05) is 13.2 Å². The molecule has 0 aliphatic rings. The molecule has 0 saturated heterocycles. The van der Waals surface area contributed by atoms with Crippen LogP contribution in [0.3, 0.4) is 0 Å². The lowest BCUT2D eigenvalue weighted by Gasteiger charge is -2.21. The summed E-state index contributed by atoms with van der Waals surface area (Å²) in [4.78, 5) is 0. The molecule has 0 aliphatic heterocycles. The maximum atomic E-state index is 5.98. The zero-order valence-corrected chi connectivity index (χ0v) is 16.3. The second kappa shape index (κ2) is 18.2. The highest BCUT2D eigenvalue weighted by Crippen LogP contribution is 2.10. The minimum Gasteiger partial charge on any atom is -0.376 e. The van der Waals surface area contributed by atoms with Crippen LogP contribution in [0, 0.1) is 0 Å². The normalized spacial score (nSPS) is 14.1. The molecule has 140 valence electrons. The SMILES string of the molecule is CCCCOC(CCCC)COCC(CCCC)OCCCC. The highest BCUT2D eigenvalue weighted by molar-refractivity contribution is 4.61. The number of rotatable bonds is 18. The van der Waals surface area contributed by atoms with Gasteiger partial charge in [-0.05, 0) is 25.7 Å². The summed E-state index contributed by atoms with van der Waals surface area (Å²) in [5.74, 6) is 0. The van der Waals surface area contributed by atoms with Gasteiger partial charge in [-0.25, -0.2) is 0 Å². The van der Waals surface area contributed by atoms with Gasteiger partial charge in [0.1, 0.15) is 0 Å². The average molecular weight is 331 g/mol. The van der Waals surface area contributed by atoms with Gasteiger partial charge in [-0.3, -0.25) is 0 Å². The molecule has 0 amide bonds. The van der Waals surface area contributed by atoms with Crippen molar-refractivity contribution in [2.75, 3.05) is 26.4 Å². The Morgan fingerprint density at radius 3 is 1.30 bits per heavy atom. The van der Waals surface area contributed by atoms with Crippen LogP contribution in [0.5, 0.6) is 0 Å². The van der Waals surface area contributed by atoms with E-state index < -0.39 is 0 Å². The Morgan fingerprint density at radius 1 is 0.565 bits per heavy atom. The van der Waals surface area contributed by atoms with Gasteiger partial charge in [0.05, 0.1) is 25.4 Å². The van der Waals surface area contributed by atoms with Crippen molar-refractivity contribution < 1.29 is 14.2 Å². The third-order valence-corrected chi connectivity index (χ3v) is 4.07. The van der Waals surface area contributed by atoms with Gasteiger partial charge in [-0.15, -0.1) is 0 Å². The Kier molecular flexibility index (Phi) is 18.1. The summed E-state index contributed by atoms with van der Waals surface area (Å²) >= 11 is 0. The summed E-state index contributed by atoms with van der Waals surface area (Å²) in [5, 5.41) is 0. The quantitative estimate of drug-likeness (QED) is 0.299. The molecule has 2 unspecified atom stereocenters. The number of hydrogen-bond acceptors (Lipinski definition) is 3. The Labute approximate surface area is 145 Å². The Balaban J connectivity index is 4.03. The molecule has 2 atom stereocenters. The second-order valence-corrected chi connectivity index (χ2v) is 6.51. The lowest BCUT2D eigenvalue weighted by Crippen LogP contribution is -2.26. The summed E-state index contributed by atoms with van der Waals surface area (Å²) in [6.45, 7) is 12.0. The van der Waals surface area contributed by atoms with E-state index in [1.165, 1.54) is 38.5 Å². The summed E-state index contributed by atoms with van der Waals surface area (Å²) < 4.78 is 17.9. The fourth-order valence-electron chi connectivity index (χ4n) is 2.41. The number of ether oxygens (including phenoxy) is 3. The van der Waals surface area contributed by atoms with Crippen LogP contribution in [0.4, 0.5) is 0 Å². The van der Waals surface area contributed by atoms with E-state index in [0.717, 1.165) is 38.9 Å². The summed E-state index contributed by atoms with van der Waals surface area (Å²) in [6.07, 6.45) is 12.2. The molecular formula is C20H42O3. The minimum atomic E-state index is 0.254. The van der Waals surface area contributed by atoms with Crippen LogP contribution in [0.25, 0.3) is 0 Å². The summed E-state index contributed by atoms with van der Waals surface area (Å²) in [5.41, 5.74) is 0. The van der Waals surface area contributed by atoms with Gasteiger partial charge in [-0.1, -0.05) is 66.2 Å². The van der Waals surface area contributed by atoms with Gasteiger partial charge in [-0.2, -0.15) is 0 Å². The molecule has 0 aromatic rings. The molecule has 0 heterocycles. The second-order valence-electron chi connectivity index (χ2n) is 6.51. The monoisotopic (exact) mass is 330 g/mol. The largest absolute Gasteiger partial charge is 0.376 e. The maximum Gasteiger partial charge on any atom is 0.0808 e. The molecule has 0 spiro atoms. The molecule has 3 nitrogen and oxygen atoms in total. The van der Waals surface area contributed by atoms with Crippen LogP contribution in [-0.2, 0) is 14.2 Å². The van der Waals surface area contributed by atoms with Crippen molar-refractivity contribution >= 4 is 0 Å². The molecule has 0 fully saturated rings. The van der Waals surface area contributed by atoms with Crippen molar-refractivity contribution in [1.29, 1.82) is 0 Å². The molecule has 0 aromatic carbocycles. The van der Waals surface area contributed by atoms with Crippen LogP contribution in [-0.4, -0.2) is 38.6 Å². The van der Waals surface area contributed by atoms with Crippen LogP contribution in [0.1, 0.15) is 91.9 Å². The minimum absolute atomic E-state index is 0.254. The van der Waals surface area contributed by atoms with E-state index in [4.69, 9.17) is 14.2 Å². The maximum absolute atomic E-state index is 5.98. The topological polar surface area (TPSA) is 27.7 Å². The van der Waals surface area contributed by atoms with Gasteiger partial charge < -0.3 is 14.2 Å².